The van der Waals surface area contributed by atoms with Crippen LogP contribution in [-0.2, 0) is 27.0 Å². The molecule has 6 nitrogen and oxygen atoms in total. The average molecular weight is 319 g/mol. The van der Waals surface area contributed by atoms with Gasteiger partial charge in [-0.25, -0.2) is 4.79 Å². The number of nitrogens with one attached hydrogen (secondary N) is 1. The second kappa shape index (κ2) is 8.13. The van der Waals surface area contributed by atoms with Gasteiger partial charge in [0.2, 0.25) is 5.91 Å². The number of carboxylic acids is 1. The monoisotopic (exact) mass is 319 g/mol. The fourth-order valence-electron chi connectivity index (χ4n) is 2.92. The molecule has 0 aromatic heterocycles. The average Bonchev–Trinajstić information content (AvgIpc) is 2.51. The van der Waals surface area contributed by atoms with Crippen molar-refractivity contribution in [3.63, 3.8) is 0 Å². The predicted molar refractivity (Wildman–Crippen MR) is 87.1 cm³/mol. The van der Waals surface area contributed by atoms with Gasteiger partial charge in [-0.05, 0) is 29.9 Å². The van der Waals surface area contributed by atoms with E-state index in [-0.39, 0.29) is 25.2 Å². The van der Waals surface area contributed by atoms with Crippen LogP contribution < -0.4 is 5.32 Å². The van der Waals surface area contributed by atoms with Crippen LogP contribution in [0, 0.1) is 0 Å². The van der Waals surface area contributed by atoms with E-state index in [9.17, 15) is 14.7 Å². The van der Waals surface area contributed by atoms with E-state index < -0.39 is 5.97 Å². The molecule has 0 radical (unpaired) electrons. The molecule has 2 rings (SSSR count). The van der Waals surface area contributed by atoms with Crippen molar-refractivity contribution in [1.82, 2.24) is 5.32 Å². The molecule has 0 bridgehead atoms. The molecule has 2 N–H and O–H groups in total. The fraction of sp³-hybridized carbons (Fsp3) is 0.500. The maximum atomic E-state index is 11.9. The highest BCUT2D eigenvalue weighted by molar-refractivity contribution is 6.59. The predicted octanol–water partition coefficient (Wildman–Crippen LogP) is 0.834. The summed E-state index contributed by atoms with van der Waals surface area (Å²) >= 11 is 0. The van der Waals surface area contributed by atoms with Crippen LogP contribution in [-0.4, -0.2) is 56.6 Å². The summed E-state index contributed by atoms with van der Waals surface area (Å²) in [5.74, 6) is -1.07. The summed E-state index contributed by atoms with van der Waals surface area (Å²) in [6.45, 7) is 3.05. The Hall–Kier alpha value is -1.86. The summed E-state index contributed by atoms with van der Waals surface area (Å²) in [5.41, 5.74) is 2.24. The number of ether oxygens (including phenoxy) is 2. The number of amides is 1. The normalized spacial score (nSPS) is 16.8. The summed E-state index contributed by atoms with van der Waals surface area (Å²) in [4.78, 5) is 23.2. The highest BCUT2D eigenvalue weighted by Gasteiger charge is 2.31. The summed E-state index contributed by atoms with van der Waals surface area (Å²) in [5, 5.41) is 12.3. The van der Waals surface area contributed by atoms with E-state index in [0.29, 0.717) is 31.5 Å². The molecule has 1 aromatic rings. The third-order valence-electron chi connectivity index (χ3n) is 4.17. The Morgan fingerprint density at radius 2 is 2.17 bits per heavy atom. The maximum Gasteiger partial charge on any atom is 0.335 e. The lowest BCUT2D eigenvalue weighted by molar-refractivity contribution is -0.126. The number of rotatable bonds is 7. The van der Waals surface area contributed by atoms with Gasteiger partial charge in [0.1, 0.15) is 6.61 Å². The Morgan fingerprint density at radius 3 is 2.87 bits per heavy atom. The number of methoxy groups -OCH3 is 1. The molecule has 1 aliphatic rings. The van der Waals surface area contributed by atoms with Gasteiger partial charge in [-0.3, -0.25) is 4.79 Å². The van der Waals surface area contributed by atoms with Crippen LogP contribution in [0.15, 0.2) is 18.2 Å². The van der Waals surface area contributed by atoms with E-state index in [4.69, 9.17) is 9.47 Å². The van der Waals surface area contributed by atoms with Crippen LogP contribution in [0.1, 0.15) is 21.5 Å². The number of hydrogen-bond donors (Lipinski definition) is 2. The van der Waals surface area contributed by atoms with Crippen LogP contribution in [0.5, 0.6) is 0 Å². The summed E-state index contributed by atoms with van der Waals surface area (Å²) in [6.07, 6.45) is 1.29. The first-order valence-electron chi connectivity index (χ1n) is 7.73. The minimum Gasteiger partial charge on any atom is -0.478 e. The molecular formula is C16H22BNO5. The molecule has 1 amide bonds. The smallest absolute Gasteiger partial charge is 0.335 e. The number of benzene rings is 1. The van der Waals surface area contributed by atoms with E-state index in [1.165, 1.54) is 0 Å². The number of carboxylic acid groups (broad SMARTS) is 1. The van der Waals surface area contributed by atoms with Gasteiger partial charge in [0.05, 0.1) is 18.8 Å². The maximum absolute atomic E-state index is 11.9. The van der Waals surface area contributed by atoms with Crippen molar-refractivity contribution in [2.45, 2.75) is 25.5 Å². The van der Waals surface area contributed by atoms with Crippen molar-refractivity contribution in [3.8, 4) is 0 Å². The van der Waals surface area contributed by atoms with Gasteiger partial charge in [0.25, 0.3) is 0 Å². The van der Waals surface area contributed by atoms with Crippen LogP contribution in [0.2, 0.25) is 6.82 Å². The zero-order chi connectivity index (χ0) is 16.8. The molecule has 0 fully saturated rings. The molecule has 1 aromatic carbocycles. The van der Waals surface area contributed by atoms with Crippen LogP contribution >= 0.6 is 0 Å². The number of carbonyl (C=O) groups excluding carboxylic acids is 1. The van der Waals surface area contributed by atoms with Crippen molar-refractivity contribution >= 4 is 18.6 Å². The molecule has 0 aliphatic carbocycles. The first-order valence-corrected chi connectivity index (χ1v) is 7.73. The first kappa shape index (κ1) is 17.5. The molecule has 7 heteroatoms. The molecule has 1 unspecified atom stereocenters. The molecule has 0 saturated carbocycles. The van der Waals surface area contributed by atoms with Crippen LogP contribution in [0.3, 0.4) is 0 Å². The van der Waals surface area contributed by atoms with Crippen molar-refractivity contribution in [2.75, 3.05) is 26.9 Å². The fourth-order valence-corrected chi connectivity index (χ4v) is 2.92. The lowest BCUT2D eigenvalue weighted by Gasteiger charge is -2.30. The molecule has 124 valence electrons. The number of aromatic carboxylic acids is 1. The second-order valence-electron chi connectivity index (χ2n) is 5.85. The standard InChI is InChI=1S/C16H22BNO5/c1-17-9-13-11(4-3-5-12(13)16(20)21)8-14(17)18-15(19)10-23-7-6-22-2/h3-5,14H,6-10H2,1-2H3,(H,18,19)(H,20,21). The molecule has 1 aliphatic heterocycles. The number of carbonyl (C=O) groups is 2. The summed E-state index contributed by atoms with van der Waals surface area (Å²) in [6, 6.07) is 5.32. The van der Waals surface area contributed by atoms with Gasteiger partial charge in [-0.15, -0.1) is 0 Å². The minimum absolute atomic E-state index is 0.00853. The largest absolute Gasteiger partial charge is 0.478 e. The lowest BCUT2D eigenvalue weighted by atomic mass is 9.39. The summed E-state index contributed by atoms with van der Waals surface area (Å²) in [7, 11) is 1.58. The Bertz CT molecular complexity index is 578. The molecule has 23 heavy (non-hydrogen) atoms. The van der Waals surface area contributed by atoms with Crippen molar-refractivity contribution < 1.29 is 24.2 Å². The Kier molecular flexibility index (Phi) is 6.18. The molecule has 0 saturated heterocycles. The highest BCUT2D eigenvalue weighted by atomic mass is 16.5. The van der Waals surface area contributed by atoms with Crippen molar-refractivity contribution in [1.29, 1.82) is 0 Å². The lowest BCUT2D eigenvalue weighted by Crippen LogP contribution is -2.50. The van der Waals surface area contributed by atoms with Gasteiger partial charge in [-0.2, -0.15) is 0 Å². The van der Waals surface area contributed by atoms with Crippen LogP contribution in [0.25, 0.3) is 0 Å². The highest BCUT2D eigenvalue weighted by Crippen LogP contribution is 2.24. The van der Waals surface area contributed by atoms with E-state index in [0.717, 1.165) is 11.1 Å². The molecule has 1 heterocycles. The quantitative estimate of drug-likeness (QED) is 0.574. The molecular weight excluding hydrogens is 297 g/mol. The summed E-state index contributed by atoms with van der Waals surface area (Å²) < 4.78 is 10.1. The Morgan fingerprint density at radius 1 is 1.39 bits per heavy atom. The number of fused-ring (bicyclic) bond motifs is 1. The zero-order valence-corrected chi connectivity index (χ0v) is 13.5. The van der Waals surface area contributed by atoms with Crippen molar-refractivity contribution in [2.24, 2.45) is 0 Å². The van der Waals surface area contributed by atoms with E-state index in [1.807, 2.05) is 12.9 Å². The third-order valence-corrected chi connectivity index (χ3v) is 4.17. The molecule has 0 spiro atoms. The Balaban J connectivity index is 1.97. The van der Waals surface area contributed by atoms with Gasteiger partial charge in [0.15, 0.2) is 6.71 Å². The van der Waals surface area contributed by atoms with E-state index >= 15 is 0 Å². The van der Waals surface area contributed by atoms with Gasteiger partial charge >= 0.3 is 5.97 Å². The van der Waals surface area contributed by atoms with E-state index in [2.05, 4.69) is 5.32 Å². The zero-order valence-electron chi connectivity index (χ0n) is 13.5. The topological polar surface area (TPSA) is 84.9 Å². The van der Waals surface area contributed by atoms with Gasteiger partial charge < -0.3 is 19.9 Å². The molecule has 1 atom stereocenters. The Labute approximate surface area is 136 Å². The minimum atomic E-state index is -0.900. The third kappa shape index (κ3) is 4.56. The first-order chi connectivity index (χ1) is 11.0. The van der Waals surface area contributed by atoms with Crippen LogP contribution in [0.4, 0.5) is 0 Å². The number of hydrogen-bond acceptors (Lipinski definition) is 4. The van der Waals surface area contributed by atoms with E-state index in [1.54, 1.807) is 19.2 Å². The second-order valence-corrected chi connectivity index (χ2v) is 5.85. The van der Waals surface area contributed by atoms with Gasteiger partial charge in [0, 0.05) is 13.1 Å². The van der Waals surface area contributed by atoms with Crippen molar-refractivity contribution in [3.05, 3.63) is 34.9 Å². The van der Waals surface area contributed by atoms with Gasteiger partial charge in [-0.1, -0.05) is 19.0 Å². The SMILES string of the molecule is COCCOCC(=O)NC1Cc2cccc(C(=O)O)c2CB1C.